The average molecular weight is 509 g/mol. The van der Waals surface area contributed by atoms with Gasteiger partial charge in [0.15, 0.2) is 0 Å². The van der Waals surface area contributed by atoms with Crippen LogP contribution in [-0.2, 0) is 21.2 Å². The first-order chi connectivity index (χ1) is 17.3. The smallest absolute Gasteiger partial charge is 0.264 e. The third-order valence-corrected chi connectivity index (χ3v) is 8.12. The maximum atomic E-state index is 13.7. The molecule has 3 aromatic rings. The number of hydrogen-bond donors (Lipinski definition) is 1. The maximum Gasteiger partial charge on any atom is 0.264 e. The molecule has 1 amide bonds. The van der Waals surface area contributed by atoms with Gasteiger partial charge in [-0.2, -0.15) is 0 Å². The van der Waals surface area contributed by atoms with Gasteiger partial charge in [-0.3, -0.25) is 9.10 Å². The Hall–Kier alpha value is -3.52. The zero-order chi connectivity index (χ0) is 25.7. The van der Waals surface area contributed by atoms with E-state index in [1.807, 2.05) is 32.0 Å². The summed E-state index contributed by atoms with van der Waals surface area (Å²) in [5, 5.41) is 3.07. The molecular formula is C28H32N2O5S. The van der Waals surface area contributed by atoms with Gasteiger partial charge in [-0.25, -0.2) is 8.42 Å². The topological polar surface area (TPSA) is 84.9 Å². The lowest BCUT2D eigenvalue weighted by atomic mass is 9.87. The second-order valence-corrected chi connectivity index (χ2v) is 10.7. The van der Waals surface area contributed by atoms with E-state index in [1.165, 1.54) is 0 Å². The van der Waals surface area contributed by atoms with E-state index in [9.17, 15) is 13.2 Å². The number of benzene rings is 3. The molecule has 0 aromatic heterocycles. The number of anilines is 1. The van der Waals surface area contributed by atoms with E-state index in [0.717, 1.165) is 46.0 Å². The standard InChI is InChI=1S/C28H32N2O5S/c1-4-35-23-12-10-22(11-13-23)30(36(32,33)25-15-8-20(2)9-16-25)19-28(31)29-27-7-5-6-21-18-24(34-3)14-17-26(21)27/h8-18,27H,4-7,19H2,1-3H3,(H,29,31). The van der Waals surface area contributed by atoms with Crippen molar-refractivity contribution in [2.45, 2.75) is 44.0 Å². The van der Waals surface area contributed by atoms with Gasteiger partial charge in [0.1, 0.15) is 18.0 Å². The van der Waals surface area contributed by atoms with Crippen LogP contribution >= 0.6 is 0 Å². The first-order valence-corrected chi connectivity index (χ1v) is 13.5. The van der Waals surface area contributed by atoms with Gasteiger partial charge in [-0.1, -0.05) is 23.8 Å². The molecule has 0 saturated heterocycles. The molecule has 36 heavy (non-hydrogen) atoms. The number of methoxy groups -OCH3 is 1. The van der Waals surface area contributed by atoms with E-state index in [1.54, 1.807) is 55.6 Å². The van der Waals surface area contributed by atoms with Crippen LogP contribution in [0.1, 0.15) is 42.5 Å². The van der Waals surface area contributed by atoms with Crippen LogP contribution in [0.3, 0.4) is 0 Å². The predicted molar refractivity (Wildman–Crippen MR) is 140 cm³/mol. The molecule has 0 saturated carbocycles. The fraction of sp³-hybridized carbons (Fsp3) is 0.321. The Kier molecular flexibility index (Phi) is 7.84. The molecule has 0 bridgehead atoms. The monoisotopic (exact) mass is 508 g/mol. The van der Waals surface area contributed by atoms with Crippen molar-refractivity contribution in [2.75, 3.05) is 24.6 Å². The van der Waals surface area contributed by atoms with Crippen LogP contribution in [0.25, 0.3) is 0 Å². The zero-order valence-electron chi connectivity index (χ0n) is 20.9. The number of aryl methyl sites for hydroxylation is 2. The molecule has 0 aliphatic heterocycles. The van der Waals surface area contributed by atoms with Crippen molar-refractivity contribution in [2.24, 2.45) is 0 Å². The number of amides is 1. The summed E-state index contributed by atoms with van der Waals surface area (Å²) < 4.78 is 39.3. The van der Waals surface area contributed by atoms with Crippen molar-refractivity contribution in [3.8, 4) is 11.5 Å². The molecule has 1 unspecified atom stereocenters. The molecule has 1 aliphatic rings. The number of fused-ring (bicyclic) bond motifs is 1. The fourth-order valence-electron chi connectivity index (χ4n) is 4.47. The van der Waals surface area contributed by atoms with E-state index in [2.05, 4.69) is 5.32 Å². The average Bonchev–Trinajstić information content (AvgIpc) is 2.88. The van der Waals surface area contributed by atoms with E-state index >= 15 is 0 Å². The molecule has 1 atom stereocenters. The minimum Gasteiger partial charge on any atom is -0.497 e. The third-order valence-electron chi connectivity index (χ3n) is 6.33. The van der Waals surface area contributed by atoms with E-state index < -0.39 is 10.0 Å². The van der Waals surface area contributed by atoms with Crippen LogP contribution in [0, 0.1) is 6.92 Å². The predicted octanol–water partition coefficient (Wildman–Crippen LogP) is 4.79. The molecule has 1 aliphatic carbocycles. The summed E-state index contributed by atoms with van der Waals surface area (Å²) in [7, 11) is -2.35. The van der Waals surface area contributed by atoms with Crippen LogP contribution in [-0.4, -0.2) is 34.6 Å². The molecule has 0 radical (unpaired) electrons. The third kappa shape index (κ3) is 5.65. The first kappa shape index (κ1) is 25.6. The molecule has 190 valence electrons. The van der Waals surface area contributed by atoms with Gasteiger partial charge < -0.3 is 14.8 Å². The van der Waals surface area contributed by atoms with Gasteiger partial charge in [-0.05, 0) is 92.8 Å². The summed E-state index contributed by atoms with van der Waals surface area (Å²) in [6.45, 7) is 3.94. The summed E-state index contributed by atoms with van der Waals surface area (Å²) in [4.78, 5) is 13.4. The molecule has 0 heterocycles. The zero-order valence-corrected chi connectivity index (χ0v) is 21.7. The Bertz CT molecular complexity index is 1300. The SMILES string of the molecule is CCOc1ccc(N(CC(=O)NC2CCCc3cc(OC)ccc32)S(=O)(=O)c2ccc(C)cc2)cc1. The maximum absolute atomic E-state index is 13.7. The highest BCUT2D eigenvalue weighted by atomic mass is 32.2. The summed E-state index contributed by atoms with van der Waals surface area (Å²) in [6, 6.07) is 19.0. The molecule has 7 nitrogen and oxygen atoms in total. The van der Waals surface area contributed by atoms with E-state index in [4.69, 9.17) is 9.47 Å². The minimum atomic E-state index is -3.99. The van der Waals surface area contributed by atoms with Crippen molar-refractivity contribution in [3.63, 3.8) is 0 Å². The van der Waals surface area contributed by atoms with Crippen molar-refractivity contribution in [3.05, 3.63) is 83.4 Å². The molecule has 4 rings (SSSR count). The highest BCUT2D eigenvalue weighted by Gasteiger charge is 2.29. The van der Waals surface area contributed by atoms with Crippen molar-refractivity contribution in [1.29, 1.82) is 0 Å². The number of nitrogens with one attached hydrogen (secondary N) is 1. The number of nitrogens with zero attached hydrogens (tertiary/aromatic N) is 1. The van der Waals surface area contributed by atoms with Gasteiger partial charge in [0.05, 0.1) is 30.3 Å². The number of carbonyl (C=O) groups excluding carboxylic acids is 1. The van der Waals surface area contributed by atoms with Gasteiger partial charge >= 0.3 is 0 Å². The normalized spacial score (nSPS) is 15.0. The lowest BCUT2D eigenvalue weighted by Gasteiger charge is -2.29. The highest BCUT2D eigenvalue weighted by molar-refractivity contribution is 7.92. The number of carbonyl (C=O) groups is 1. The largest absolute Gasteiger partial charge is 0.497 e. The minimum absolute atomic E-state index is 0.130. The van der Waals surface area contributed by atoms with Gasteiger partial charge in [0.2, 0.25) is 5.91 Å². The van der Waals surface area contributed by atoms with Crippen LogP contribution in [0.15, 0.2) is 71.6 Å². The molecule has 1 N–H and O–H groups in total. The molecular weight excluding hydrogens is 476 g/mol. The van der Waals surface area contributed by atoms with E-state index in [-0.39, 0.29) is 23.4 Å². The van der Waals surface area contributed by atoms with Crippen molar-refractivity contribution < 1.29 is 22.7 Å². The second-order valence-electron chi connectivity index (χ2n) is 8.83. The Labute approximate surface area is 213 Å². The summed E-state index contributed by atoms with van der Waals surface area (Å²) in [6.07, 6.45) is 2.63. The van der Waals surface area contributed by atoms with Crippen LogP contribution in [0.2, 0.25) is 0 Å². The Balaban J connectivity index is 1.61. The van der Waals surface area contributed by atoms with Gasteiger partial charge in [0.25, 0.3) is 10.0 Å². The molecule has 0 spiro atoms. The Morgan fingerprint density at radius 1 is 1.03 bits per heavy atom. The summed E-state index contributed by atoms with van der Waals surface area (Å²) in [5.74, 6) is 1.05. The van der Waals surface area contributed by atoms with Crippen LogP contribution in [0.5, 0.6) is 11.5 Å². The number of sulfonamides is 1. The van der Waals surface area contributed by atoms with Crippen LogP contribution < -0.4 is 19.1 Å². The lowest BCUT2D eigenvalue weighted by molar-refractivity contribution is -0.120. The van der Waals surface area contributed by atoms with Crippen molar-refractivity contribution in [1.82, 2.24) is 5.32 Å². The fourth-order valence-corrected chi connectivity index (χ4v) is 5.89. The lowest BCUT2D eigenvalue weighted by Crippen LogP contribution is -2.42. The Morgan fingerprint density at radius 2 is 1.72 bits per heavy atom. The quantitative estimate of drug-likeness (QED) is 0.449. The summed E-state index contributed by atoms with van der Waals surface area (Å²) >= 11 is 0. The van der Waals surface area contributed by atoms with Gasteiger partial charge in [0, 0.05) is 0 Å². The summed E-state index contributed by atoms with van der Waals surface area (Å²) in [5.41, 5.74) is 3.53. The number of rotatable bonds is 9. The van der Waals surface area contributed by atoms with E-state index in [0.29, 0.717) is 18.0 Å². The molecule has 3 aromatic carbocycles. The van der Waals surface area contributed by atoms with Crippen LogP contribution in [0.4, 0.5) is 5.69 Å². The first-order valence-electron chi connectivity index (χ1n) is 12.1. The van der Waals surface area contributed by atoms with Gasteiger partial charge in [-0.15, -0.1) is 0 Å². The number of hydrogen-bond acceptors (Lipinski definition) is 5. The highest BCUT2D eigenvalue weighted by Crippen LogP contribution is 2.32. The second kappa shape index (κ2) is 11.0. The molecule has 0 fully saturated rings. The molecule has 8 heteroatoms. The number of ether oxygens (including phenoxy) is 2. The Morgan fingerprint density at radius 3 is 2.39 bits per heavy atom. The van der Waals surface area contributed by atoms with Crippen molar-refractivity contribution >= 4 is 21.6 Å².